The molecular formula is C35H35F3N2O5. The van der Waals surface area contributed by atoms with Crippen LogP contribution >= 0.6 is 0 Å². The van der Waals surface area contributed by atoms with Crippen molar-refractivity contribution in [2.75, 3.05) is 6.61 Å². The molecule has 4 aromatic rings. The van der Waals surface area contributed by atoms with Crippen LogP contribution in [0, 0.1) is 0 Å². The van der Waals surface area contributed by atoms with Crippen LogP contribution in [-0.2, 0) is 22.4 Å². The molecule has 0 saturated carbocycles. The average Bonchev–Trinajstić information content (AvgIpc) is 3.34. The van der Waals surface area contributed by atoms with Crippen LogP contribution in [-0.4, -0.2) is 53.2 Å². The van der Waals surface area contributed by atoms with E-state index in [1.165, 1.54) is 11.1 Å². The number of aliphatic hydroxyl groups is 1. The minimum absolute atomic E-state index is 0.0232. The monoisotopic (exact) mass is 620 g/mol. The average molecular weight is 621 g/mol. The lowest BCUT2D eigenvalue weighted by Gasteiger charge is -2.26. The number of halogens is 3. The summed E-state index contributed by atoms with van der Waals surface area (Å²) in [5.41, 5.74) is 13.2. The molecule has 5 N–H and O–H groups in total. The summed E-state index contributed by atoms with van der Waals surface area (Å²) in [5.74, 6) is -2.78. The largest absolute Gasteiger partial charge is 0.490 e. The number of aliphatic carboxylic acids is 1. The molecule has 1 aliphatic carbocycles. The quantitative estimate of drug-likeness (QED) is 0.170. The molecule has 0 aromatic heterocycles. The van der Waals surface area contributed by atoms with E-state index in [-0.39, 0.29) is 18.6 Å². The topological polar surface area (TPSA) is 122 Å². The highest BCUT2D eigenvalue weighted by Gasteiger charge is 2.38. The van der Waals surface area contributed by atoms with Gasteiger partial charge in [-0.1, -0.05) is 109 Å². The van der Waals surface area contributed by atoms with Crippen molar-refractivity contribution in [3.63, 3.8) is 0 Å². The molecule has 0 fully saturated rings. The van der Waals surface area contributed by atoms with Crippen molar-refractivity contribution in [3.05, 3.63) is 131 Å². The SMILES string of the molecule is N[C@@H](Cc1ccccc1)C[C@H](O)[C@H](Cc1ccccc1)NC(=O)OCC1c2ccccc2-c2ccccc21.O=C(O)C(F)(F)F. The highest BCUT2D eigenvalue weighted by atomic mass is 19.4. The fraction of sp³-hybridized carbons (Fsp3) is 0.257. The van der Waals surface area contributed by atoms with Gasteiger partial charge in [0.2, 0.25) is 0 Å². The summed E-state index contributed by atoms with van der Waals surface area (Å²) in [6.45, 7) is 0.224. The third-order valence-corrected chi connectivity index (χ3v) is 7.54. The Balaban J connectivity index is 0.000000591. The van der Waals surface area contributed by atoms with E-state index >= 15 is 0 Å². The van der Waals surface area contributed by atoms with Crippen molar-refractivity contribution in [1.29, 1.82) is 0 Å². The normalized spacial score (nSPS) is 14.2. The number of hydrogen-bond acceptors (Lipinski definition) is 5. The van der Waals surface area contributed by atoms with E-state index in [4.69, 9.17) is 20.4 Å². The Labute approximate surface area is 259 Å². The van der Waals surface area contributed by atoms with E-state index in [1.54, 1.807) is 0 Å². The van der Waals surface area contributed by atoms with E-state index in [9.17, 15) is 23.1 Å². The number of alkyl halides is 3. The number of hydrogen-bond donors (Lipinski definition) is 4. The second kappa shape index (κ2) is 15.4. The van der Waals surface area contributed by atoms with Crippen LogP contribution in [0.1, 0.15) is 34.6 Å². The molecule has 0 bridgehead atoms. The summed E-state index contributed by atoms with van der Waals surface area (Å²) in [7, 11) is 0. The number of carbonyl (C=O) groups is 2. The van der Waals surface area contributed by atoms with Gasteiger partial charge in [-0.3, -0.25) is 0 Å². The third-order valence-electron chi connectivity index (χ3n) is 7.54. The van der Waals surface area contributed by atoms with Crippen LogP contribution in [0.3, 0.4) is 0 Å². The van der Waals surface area contributed by atoms with Crippen molar-refractivity contribution in [2.24, 2.45) is 5.73 Å². The molecule has 236 valence electrons. The van der Waals surface area contributed by atoms with Crippen molar-refractivity contribution < 1.29 is 37.7 Å². The van der Waals surface area contributed by atoms with Crippen LogP contribution in [0.5, 0.6) is 0 Å². The van der Waals surface area contributed by atoms with Crippen molar-refractivity contribution >= 4 is 12.1 Å². The van der Waals surface area contributed by atoms with Gasteiger partial charge in [-0.25, -0.2) is 9.59 Å². The Morgan fingerprint density at radius 2 is 1.22 bits per heavy atom. The number of aliphatic hydroxyl groups excluding tert-OH is 1. The Kier molecular flexibility index (Phi) is 11.3. The molecule has 4 aromatic carbocycles. The first-order chi connectivity index (χ1) is 21.5. The predicted octanol–water partition coefficient (Wildman–Crippen LogP) is 6.09. The second-order valence-corrected chi connectivity index (χ2v) is 10.8. The number of carbonyl (C=O) groups excluding carboxylic acids is 1. The van der Waals surface area contributed by atoms with Gasteiger partial charge < -0.3 is 26.0 Å². The number of ether oxygens (including phenoxy) is 1. The number of alkyl carbamates (subject to hydrolysis) is 1. The van der Waals surface area contributed by atoms with Gasteiger partial charge in [0.25, 0.3) is 0 Å². The molecule has 1 aliphatic rings. The van der Waals surface area contributed by atoms with Gasteiger partial charge >= 0.3 is 18.2 Å². The van der Waals surface area contributed by atoms with Gasteiger partial charge in [0.15, 0.2) is 0 Å². The summed E-state index contributed by atoms with van der Waals surface area (Å²) >= 11 is 0. The molecule has 3 atom stereocenters. The van der Waals surface area contributed by atoms with E-state index in [0.29, 0.717) is 19.3 Å². The zero-order chi connectivity index (χ0) is 32.4. The van der Waals surface area contributed by atoms with Crippen LogP contribution < -0.4 is 11.1 Å². The smallest absolute Gasteiger partial charge is 0.475 e. The maximum absolute atomic E-state index is 13.0. The number of carboxylic acids is 1. The standard InChI is InChI=1S/C33H34N2O3.C2HF3O2/c34-25(19-23-11-3-1-4-12-23)21-32(36)31(20-24-13-5-2-6-14-24)35-33(37)38-22-30-28-17-9-7-15-26(28)27-16-8-10-18-29(27)30;3-2(4,5)1(6)7/h1-18,25,30-32,36H,19-22,34H2,(H,35,37);(H,6,7)/t25-,31-,32-;/m0./s1. The van der Waals surface area contributed by atoms with E-state index in [0.717, 1.165) is 22.3 Å². The van der Waals surface area contributed by atoms with Crippen molar-refractivity contribution in [2.45, 2.75) is 49.5 Å². The highest BCUT2D eigenvalue weighted by molar-refractivity contribution is 5.79. The van der Waals surface area contributed by atoms with Crippen molar-refractivity contribution in [3.8, 4) is 11.1 Å². The lowest BCUT2D eigenvalue weighted by Crippen LogP contribution is -2.47. The zero-order valence-electron chi connectivity index (χ0n) is 24.4. The van der Waals surface area contributed by atoms with Gasteiger partial charge in [0.05, 0.1) is 12.1 Å². The Morgan fingerprint density at radius 3 is 1.71 bits per heavy atom. The second-order valence-electron chi connectivity index (χ2n) is 10.8. The number of nitrogens with one attached hydrogen (secondary N) is 1. The van der Waals surface area contributed by atoms with E-state index in [2.05, 4.69) is 29.6 Å². The van der Waals surface area contributed by atoms with Gasteiger partial charge in [-0.15, -0.1) is 0 Å². The Bertz CT molecular complexity index is 1500. The molecule has 7 nitrogen and oxygen atoms in total. The molecule has 0 aliphatic heterocycles. The van der Waals surface area contributed by atoms with Crippen LogP contribution in [0.25, 0.3) is 11.1 Å². The van der Waals surface area contributed by atoms with Gasteiger partial charge in [-0.05, 0) is 52.6 Å². The Hall–Kier alpha value is -4.67. The van der Waals surface area contributed by atoms with E-state index < -0.39 is 30.4 Å². The van der Waals surface area contributed by atoms with Gasteiger partial charge in [0, 0.05) is 12.0 Å². The van der Waals surface area contributed by atoms with Crippen LogP contribution in [0.15, 0.2) is 109 Å². The lowest BCUT2D eigenvalue weighted by atomic mass is 9.94. The molecule has 5 rings (SSSR count). The molecule has 1 amide bonds. The number of benzene rings is 4. The van der Waals surface area contributed by atoms with Crippen LogP contribution in [0.2, 0.25) is 0 Å². The summed E-state index contributed by atoms with van der Waals surface area (Å²) < 4.78 is 37.5. The lowest BCUT2D eigenvalue weighted by molar-refractivity contribution is -0.192. The Morgan fingerprint density at radius 1 is 0.778 bits per heavy atom. The maximum Gasteiger partial charge on any atom is 0.490 e. The molecule has 45 heavy (non-hydrogen) atoms. The first kappa shape index (κ1) is 33.2. The number of amides is 1. The van der Waals surface area contributed by atoms with Crippen LogP contribution in [0.4, 0.5) is 18.0 Å². The summed E-state index contributed by atoms with van der Waals surface area (Å²) in [4.78, 5) is 21.9. The molecule has 0 heterocycles. The number of carboxylic acid groups (broad SMARTS) is 1. The van der Waals surface area contributed by atoms with E-state index in [1.807, 2.05) is 84.9 Å². The molecular weight excluding hydrogens is 585 g/mol. The molecule has 0 unspecified atom stereocenters. The fourth-order valence-electron chi connectivity index (χ4n) is 5.42. The summed E-state index contributed by atoms with van der Waals surface area (Å²) in [6, 6.07) is 35.6. The zero-order valence-corrected chi connectivity index (χ0v) is 24.4. The molecule has 10 heteroatoms. The van der Waals surface area contributed by atoms with Gasteiger partial charge in [-0.2, -0.15) is 13.2 Å². The first-order valence-electron chi connectivity index (χ1n) is 14.5. The molecule has 0 saturated heterocycles. The number of rotatable bonds is 10. The highest BCUT2D eigenvalue weighted by Crippen LogP contribution is 2.44. The third kappa shape index (κ3) is 9.41. The number of nitrogens with two attached hydrogens (primary N) is 1. The fourth-order valence-corrected chi connectivity index (χ4v) is 5.42. The number of fused-ring (bicyclic) bond motifs is 3. The van der Waals surface area contributed by atoms with Crippen molar-refractivity contribution in [1.82, 2.24) is 5.32 Å². The molecule has 0 spiro atoms. The minimum Gasteiger partial charge on any atom is -0.475 e. The summed E-state index contributed by atoms with van der Waals surface area (Å²) in [6.07, 6.45) is -4.96. The van der Waals surface area contributed by atoms with Gasteiger partial charge in [0.1, 0.15) is 6.61 Å². The maximum atomic E-state index is 13.0. The molecule has 0 radical (unpaired) electrons. The minimum atomic E-state index is -5.08. The summed E-state index contributed by atoms with van der Waals surface area (Å²) in [5, 5.41) is 21.2. The first-order valence-corrected chi connectivity index (χ1v) is 14.5. The predicted molar refractivity (Wildman–Crippen MR) is 165 cm³/mol.